The molecule has 1 aromatic carbocycles. The van der Waals surface area contributed by atoms with E-state index in [0.717, 1.165) is 11.8 Å². The van der Waals surface area contributed by atoms with E-state index in [1.165, 1.54) is 29.2 Å². The first-order chi connectivity index (χ1) is 11.7. The fraction of sp³-hybridized carbons (Fsp3) is 0.267. The van der Waals surface area contributed by atoms with Crippen molar-refractivity contribution in [3.63, 3.8) is 0 Å². The molecule has 134 valence electrons. The summed E-state index contributed by atoms with van der Waals surface area (Å²) >= 11 is 5.94. The average Bonchev–Trinajstić information content (AvgIpc) is 2.73. The number of aliphatic carboxylic acids is 1. The molecule has 2 rings (SSSR count). The Hall–Kier alpha value is -1.52. The monoisotopic (exact) mass is 407 g/mol. The molecule has 1 aliphatic rings. The molecule has 1 saturated heterocycles. The lowest BCUT2D eigenvalue weighted by molar-refractivity contribution is -0.137. The summed E-state index contributed by atoms with van der Waals surface area (Å²) in [5.74, 6) is -1.32. The van der Waals surface area contributed by atoms with E-state index in [9.17, 15) is 22.8 Å². The van der Waals surface area contributed by atoms with Crippen molar-refractivity contribution in [2.75, 3.05) is 6.54 Å². The van der Waals surface area contributed by atoms with Gasteiger partial charge in [-0.25, -0.2) is 0 Å². The van der Waals surface area contributed by atoms with Gasteiger partial charge in [-0.2, -0.15) is 13.2 Å². The SMILES string of the molecule is O=C(O)CCCN1C(=O)C(=Cc2cccc(SC(F)(F)F)c2)SC1=S. The number of carboxylic acid groups (broad SMARTS) is 1. The summed E-state index contributed by atoms with van der Waals surface area (Å²) < 4.78 is 37.6. The molecule has 4 nitrogen and oxygen atoms in total. The highest BCUT2D eigenvalue weighted by atomic mass is 32.2. The highest BCUT2D eigenvalue weighted by Crippen LogP contribution is 2.38. The van der Waals surface area contributed by atoms with Crippen LogP contribution in [0, 0.1) is 0 Å². The molecule has 0 unspecified atom stereocenters. The zero-order valence-corrected chi connectivity index (χ0v) is 15.0. The summed E-state index contributed by atoms with van der Waals surface area (Å²) in [6.45, 7) is 0.193. The Morgan fingerprint density at radius 3 is 2.76 bits per heavy atom. The molecule has 10 heteroatoms. The largest absolute Gasteiger partial charge is 0.481 e. The van der Waals surface area contributed by atoms with Crippen molar-refractivity contribution in [3.05, 3.63) is 34.7 Å². The van der Waals surface area contributed by atoms with Crippen molar-refractivity contribution < 1.29 is 27.9 Å². The van der Waals surface area contributed by atoms with Crippen molar-refractivity contribution in [3.8, 4) is 0 Å². The minimum atomic E-state index is -4.38. The van der Waals surface area contributed by atoms with Crippen LogP contribution in [0.15, 0.2) is 34.1 Å². The van der Waals surface area contributed by atoms with Gasteiger partial charge < -0.3 is 5.11 Å². The lowest BCUT2D eigenvalue weighted by atomic mass is 10.2. The first-order valence-corrected chi connectivity index (χ1v) is 9.03. The Morgan fingerprint density at radius 2 is 2.12 bits per heavy atom. The summed E-state index contributed by atoms with van der Waals surface area (Å²) in [4.78, 5) is 24.5. The molecule has 0 aromatic heterocycles. The smallest absolute Gasteiger partial charge is 0.446 e. The van der Waals surface area contributed by atoms with Crippen molar-refractivity contribution in [2.24, 2.45) is 0 Å². The van der Waals surface area contributed by atoms with Crippen LogP contribution in [0.4, 0.5) is 13.2 Å². The zero-order chi connectivity index (χ0) is 18.6. The predicted molar refractivity (Wildman–Crippen MR) is 95.1 cm³/mol. The van der Waals surface area contributed by atoms with Crippen LogP contribution in [0.3, 0.4) is 0 Å². The Morgan fingerprint density at radius 1 is 1.40 bits per heavy atom. The van der Waals surface area contributed by atoms with E-state index < -0.39 is 11.5 Å². The van der Waals surface area contributed by atoms with E-state index in [-0.39, 0.29) is 42.0 Å². The molecule has 1 N–H and O–H groups in total. The molecule has 0 aliphatic carbocycles. The molecule has 0 saturated carbocycles. The number of halogens is 3. The molecule has 1 amide bonds. The number of carbonyl (C=O) groups is 2. The fourth-order valence-electron chi connectivity index (χ4n) is 2.03. The maximum Gasteiger partial charge on any atom is 0.446 e. The van der Waals surface area contributed by atoms with E-state index in [1.54, 1.807) is 6.07 Å². The average molecular weight is 407 g/mol. The molecule has 1 fully saturated rings. The highest BCUT2D eigenvalue weighted by Gasteiger charge is 2.32. The molecule has 0 spiro atoms. The molecule has 1 heterocycles. The predicted octanol–water partition coefficient (Wildman–Crippen LogP) is 4.36. The fourth-order valence-corrected chi connectivity index (χ4v) is 3.95. The number of thiocarbonyl (C=S) groups is 1. The number of rotatable bonds is 6. The minimum Gasteiger partial charge on any atom is -0.481 e. The Balaban J connectivity index is 2.11. The first kappa shape index (κ1) is 19.8. The number of amides is 1. The van der Waals surface area contributed by atoms with Crippen LogP contribution in [0.5, 0.6) is 0 Å². The molecule has 0 radical (unpaired) electrons. The van der Waals surface area contributed by atoms with Crippen LogP contribution in [0.2, 0.25) is 0 Å². The van der Waals surface area contributed by atoms with Gasteiger partial charge in [0.1, 0.15) is 4.32 Å². The third kappa shape index (κ3) is 6.05. The number of benzene rings is 1. The van der Waals surface area contributed by atoms with E-state index >= 15 is 0 Å². The van der Waals surface area contributed by atoms with Crippen LogP contribution in [-0.4, -0.2) is 38.3 Å². The van der Waals surface area contributed by atoms with Gasteiger partial charge in [-0.3, -0.25) is 14.5 Å². The lowest BCUT2D eigenvalue weighted by Crippen LogP contribution is -2.29. The van der Waals surface area contributed by atoms with Gasteiger partial charge in [0.05, 0.1) is 4.91 Å². The van der Waals surface area contributed by atoms with Crippen molar-refractivity contribution in [1.82, 2.24) is 4.90 Å². The summed E-state index contributed by atoms with van der Waals surface area (Å²) in [5.41, 5.74) is -3.92. The second kappa shape index (κ2) is 8.24. The van der Waals surface area contributed by atoms with Crippen molar-refractivity contribution >= 4 is 58.0 Å². The number of carboxylic acids is 1. The van der Waals surface area contributed by atoms with E-state index in [2.05, 4.69) is 0 Å². The lowest BCUT2D eigenvalue weighted by Gasteiger charge is -2.13. The van der Waals surface area contributed by atoms with Crippen LogP contribution >= 0.6 is 35.7 Å². The first-order valence-electron chi connectivity index (χ1n) is 6.99. The number of carbonyl (C=O) groups excluding carboxylic acids is 1. The molecular formula is C15H12F3NO3S3. The molecule has 1 aliphatic heterocycles. The van der Waals surface area contributed by atoms with Gasteiger partial charge in [-0.05, 0) is 42.0 Å². The highest BCUT2D eigenvalue weighted by molar-refractivity contribution is 8.26. The second-order valence-corrected chi connectivity index (χ2v) is 7.77. The van der Waals surface area contributed by atoms with Crippen LogP contribution in [0.25, 0.3) is 6.08 Å². The van der Waals surface area contributed by atoms with E-state index in [0.29, 0.717) is 14.8 Å². The summed E-state index contributed by atoms with van der Waals surface area (Å²) in [6, 6.07) is 5.76. The maximum atomic E-state index is 12.4. The van der Waals surface area contributed by atoms with Gasteiger partial charge in [0, 0.05) is 17.9 Å². The van der Waals surface area contributed by atoms with Crippen LogP contribution < -0.4 is 0 Å². The van der Waals surface area contributed by atoms with Gasteiger partial charge >= 0.3 is 11.5 Å². The third-order valence-electron chi connectivity index (χ3n) is 3.04. The van der Waals surface area contributed by atoms with E-state index in [1.807, 2.05) is 0 Å². The number of hydrogen-bond acceptors (Lipinski definition) is 5. The number of thioether (sulfide) groups is 2. The third-order valence-corrected chi connectivity index (χ3v) is 5.13. The van der Waals surface area contributed by atoms with Gasteiger partial charge in [-0.15, -0.1) is 0 Å². The van der Waals surface area contributed by atoms with E-state index in [4.69, 9.17) is 17.3 Å². The Kier molecular flexibility index (Phi) is 6.53. The number of alkyl halides is 3. The molecule has 0 bridgehead atoms. The van der Waals surface area contributed by atoms with Gasteiger partial charge in [0.2, 0.25) is 0 Å². The Bertz CT molecular complexity index is 734. The maximum absolute atomic E-state index is 12.4. The van der Waals surface area contributed by atoms with Gasteiger partial charge in [-0.1, -0.05) is 36.1 Å². The normalized spacial score (nSPS) is 16.8. The number of hydrogen-bond donors (Lipinski definition) is 1. The number of nitrogens with zero attached hydrogens (tertiary/aromatic N) is 1. The van der Waals surface area contributed by atoms with Gasteiger partial charge in [0.15, 0.2) is 0 Å². The van der Waals surface area contributed by atoms with Crippen LogP contribution in [0.1, 0.15) is 18.4 Å². The molecule has 25 heavy (non-hydrogen) atoms. The summed E-state index contributed by atoms with van der Waals surface area (Å²) in [6.07, 6.45) is 1.68. The van der Waals surface area contributed by atoms with Crippen LogP contribution in [-0.2, 0) is 9.59 Å². The zero-order valence-electron chi connectivity index (χ0n) is 12.6. The summed E-state index contributed by atoms with van der Waals surface area (Å²) in [7, 11) is 0. The minimum absolute atomic E-state index is 0.0261. The van der Waals surface area contributed by atoms with Gasteiger partial charge in [0.25, 0.3) is 5.91 Å². The topological polar surface area (TPSA) is 57.6 Å². The molecule has 1 aromatic rings. The summed E-state index contributed by atoms with van der Waals surface area (Å²) in [5, 5.41) is 8.64. The molecular weight excluding hydrogens is 395 g/mol. The van der Waals surface area contributed by atoms with Crippen molar-refractivity contribution in [1.29, 1.82) is 0 Å². The second-order valence-electron chi connectivity index (χ2n) is 4.95. The standard InChI is InChI=1S/C15H12F3NO3S3/c16-15(17,18)25-10-4-1-3-9(7-10)8-11-13(22)19(14(23)24-11)6-2-5-12(20)21/h1,3-4,7-8H,2,5-6H2,(H,20,21). The quantitative estimate of drug-likeness (QED) is 0.430. The van der Waals surface area contributed by atoms with Crippen molar-refractivity contribution in [2.45, 2.75) is 23.2 Å². The Labute approximate surface area is 155 Å². The molecule has 0 atom stereocenters.